The van der Waals surface area contributed by atoms with E-state index in [0.29, 0.717) is 23.2 Å². The molecule has 1 aliphatic heterocycles. The average Bonchev–Trinajstić information content (AvgIpc) is 3.41. The first-order chi connectivity index (χ1) is 14.2. The van der Waals surface area contributed by atoms with Crippen LogP contribution >= 0.6 is 11.6 Å². The van der Waals surface area contributed by atoms with Crippen molar-refractivity contribution in [1.29, 1.82) is 0 Å². The maximum atomic E-state index is 6.13. The summed E-state index contributed by atoms with van der Waals surface area (Å²) in [6.07, 6.45) is 3.39. The first-order valence-electron chi connectivity index (χ1n) is 9.44. The number of anilines is 2. The van der Waals surface area contributed by atoms with Crippen LogP contribution < -0.4 is 10.6 Å². The number of nitrogen functional groups attached to an aromatic ring is 1. The van der Waals surface area contributed by atoms with Gasteiger partial charge in [-0.25, -0.2) is 9.97 Å². The minimum absolute atomic E-state index is 0.305. The molecule has 1 fully saturated rings. The molecule has 0 amide bonds. The predicted molar refractivity (Wildman–Crippen MR) is 112 cm³/mol. The van der Waals surface area contributed by atoms with Gasteiger partial charge in [0.25, 0.3) is 0 Å². The molecule has 0 spiro atoms. The zero-order chi connectivity index (χ0) is 19.8. The molecule has 5 rings (SSSR count). The van der Waals surface area contributed by atoms with Gasteiger partial charge in [-0.05, 0) is 30.3 Å². The fourth-order valence-electron chi connectivity index (χ4n) is 3.64. The second kappa shape index (κ2) is 7.38. The Hall–Kier alpha value is -3.10. The highest BCUT2D eigenvalue weighted by Gasteiger charge is 2.20. The standard InChI is InChI=1S/C20H20ClN7O/c21-15-3-1-4-16(11-15)27-8-6-26(7-9-27)13-14-12-23-20(22)28-19(14)24-18(25-28)17-5-2-10-29-17/h1-5,10-12H,6-9,13H2,(H2,22,23). The number of nitrogens with zero attached hydrogens (tertiary/aromatic N) is 6. The van der Waals surface area contributed by atoms with Crippen LogP contribution in [0.4, 0.5) is 11.6 Å². The smallest absolute Gasteiger partial charge is 0.223 e. The maximum absolute atomic E-state index is 6.13. The number of fused-ring (bicyclic) bond motifs is 1. The Kier molecular flexibility index (Phi) is 4.57. The Labute approximate surface area is 172 Å². The number of hydrogen-bond donors (Lipinski definition) is 1. The summed E-state index contributed by atoms with van der Waals surface area (Å²) in [7, 11) is 0. The summed E-state index contributed by atoms with van der Waals surface area (Å²) in [5.41, 5.74) is 8.86. The van der Waals surface area contributed by atoms with E-state index in [9.17, 15) is 0 Å². The number of hydrogen-bond acceptors (Lipinski definition) is 7. The van der Waals surface area contributed by atoms with E-state index in [2.05, 4.69) is 30.9 Å². The number of halogens is 1. The third-order valence-corrected chi connectivity index (χ3v) is 5.38. The summed E-state index contributed by atoms with van der Waals surface area (Å²) in [6.45, 7) is 4.47. The number of aromatic nitrogens is 4. The zero-order valence-corrected chi connectivity index (χ0v) is 16.5. The molecular weight excluding hydrogens is 390 g/mol. The molecule has 0 unspecified atom stereocenters. The van der Waals surface area contributed by atoms with Gasteiger partial charge in [0.2, 0.25) is 11.8 Å². The monoisotopic (exact) mass is 409 g/mol. The number of benzene rings is 1. The van der Waals surface area contributed by atoms with Gasteiger partial charge in [0.15, 0.2) is 11.4 Å². The minimum Gasteiger partial charge on any atom is -0.461 e. The van der Waals surface area contributed by atoms with Crippen LogP contribution in [-0.2, 0) is 6.54 Å². The predicted octanol–water partition coefficient (Wildman–Crippen LogP) is 2.94. The van der Waals surface area contributed by atoms with Gasteiger partial charge >= 0.3 is 0 Å². The Balaban J connectivity index is 1.34. The summed E-state index contributed by atoms with van der Waals surface area (Å²) >= 11 is 6.13. The van der Waals surface area contributed by atoms with Gasteiger partial charge in [0, 0.05) is 55.2 Å². The summed E-state index contributed by atoms with van der Waals surface area (Å²) in [6, 6.07) is 11.6. The van der Waals surface area contributed by atoms with E-state index in [0.717, 1.165) is 49.0 Å². The first-order valence-corrected chi connectivity index (χ1v) is 9.82. The lowest BCUT2D eigenvalue weighted by Gasteiger charge is -2.36. The van der Waals surface area contributed by atoms with Gasteiger partial charge in [0.05, 0.1) is 6.26 Å². The van der Waals surface area contributed by atoms with Crippen molar-refractivity contribution in [3.05, 3.63) is 59.4 Å². The highest BCUT2D eigenvalue weighted by atomic mass is 35.5. The molecule has 8 nitrogen and oxygen atoms in total. The van der Waals surface area contributed by atoms with E-state index in [4.69, 9.17) is 21.8 Å². The number of nitrogens with two attached hydrogens (primary N) is 1. The SMILES string of the molecule is Nc1ncc(CN2CCN(c3cccc(Cl)c3)CC2)c2nc(-c3ccco3)nn12. The van der Waals surface area contributed by atoms with Crippen molar-refractivity contribution >= 4 is 28.9 Å². The van der Waals surface area contributed by atoms with Gasteiger partial charge in [-0.1, -0.05) is 17.7 Å². The van der Waals surface area contributed by atoms with Crippen molar-refractivity contribution < 1.29 is 4.42 Å². The largest absolute Gasteiger partial charge is 0.461 e. The second-order valence-corrected chi connectivity index (χ2v) is 7.47. The fourth-order valence-corrected chi connectivity index (χ4v) is 3.82. The van der Waals surface area contributed by atoms with Crippen LogP contribution in [0, 0.1) is 0 Å². The van der Waals surface area contributed by atoms with Gasteiger partial charge in [-0.3, -0.25) is 4.90 Å². The van der Waals surface area contributed by atoms with Crippen LogP contribution in [0.3, 0.4) is 0 Å². The van der Waals surface area contributed by atoms with Crippen LogP contribution in [0.2, 0.25) is 5.02 Å². The number of furan rings is 1. The molecule has 0 aliphatic carbocycles. The molecule has 3 aromatic heterocycles. The topological polar surface area (TPSA) is 88.7 Å². The molecule has 1 saturated heterocycles. The van der Waals surface area contributed by atoms with E-state index in [1.165, 1.54) is 0 Å². The van der Waals surface area contributed by atoms with E-state index >= 15 is 0 Å². The third-order valence-electron chi connectivity index (χ3n) is 5.15. The lowest BCUT2D eigenvalue weighted by Crippen LogP contribution is -2.46. The molecule has 2 N–H and O–H groups in total. The van der Waals surface area contributed by atoms with E-state index in [-0.39, 0.29) is 0 Å². The van der Waals surface area contributed by atoms with Crippen molar-refractivity contribution in [2.75, 3.05) is 36.8 Å². The van der Waals surface area contributed by atoms with Crippen molar-refractivity contribution in [2.45, 2.75) is 6.54 Å². The maximum Gasteiger partial charge on any atom is 0.223 e. The van der Waals surface area contributed by atoms with Crippen molar-refractivity contribution in [1.82, 2.24) is 24.5 Å². The summed E-state index contributed by atoms with van der Waals surface area (Å²) in [4.78, 5) is 13.7. The van der Waals surface area contributed by atoms with E-state index < -0.39 is 0 Å². The van der Waals surface area contributed by atoms with Crippen LogP contribution in [0.5, 0.6) is 0 Å². The first kappa shape index (κ1) is 18.0. The van der Waals surface area contributed by atoms with Crippen LogP contribution in [-0.4, -0.2) is 50.7 Å². The average molecular weight is 410 g/mol. The fraction of sp³-hybridized carbons (Fsp3) is 0.250. The van der Waals surface area contributed by atoms with E-state index in [1.807, 2.05) is 30.3 Å². The van der Waals surface area contributed by atoms with Gasteiger partial charge in [-0.2, -0.15) is 4.52 Å². The molecule has 1 aliphatic rings. The minimum atomic E-state index is 0.305. The highest BCUT2D eigenvalue weighted by Crippen LogP contribution is 2.23. The zero-order valence-electron chi connectivity index (χ0n) is 15.7. The Bertz CT molecular complexity index is 1130. The third kappa shape index (κ3) is 3.52. The van der Waals surface area contributed by atoms with Crippen LogP contribution in [0.1, 0.15) is 5.56 Å². The van der Waals surface area contributed by atoms with Crippen LogP contribution in [0.25, 0.3) is 17.2 Å². The molecule has 148 valence electrons. The molecule has 9 heteroatoms. The molecule has 0 atom stereocenters. The van der Waals surface area contributed by atoms with Crippen LogP contribution in [0.15, 0.2) is 53.3 Å². The van der Waals surface area contributed by atoms with Gasteiger partial charge < -0.3 is 15.1 Å². The summed E-state index contributed by atoms with van der Waals surface area (Å²) in [5, 5.41) is 5.22. The van der Waals surface area contributed by atoms with Gasteiger partial charge in [0.1, 0.15) is 0 Å². The lowest BCUT2D eigenvalue weighted by atomic mass is 10.2. The quantitative estimate of drug-likeness (QED) is 0.554. The molecular formula is C20H20ClN7O. The molecule has 4 aromatic rings. The van der Waals surface area contributed by atoms with Crippen molar-refractivity contribution in [3.63, 3.8) is 0 Å². The molecule has 0 radical (unpaired) electrons. The van der Waals surface area contributed by atoms with Gasteiger partial charge in [-0.15, -0.1) is 5.10 Å². The highest BCUT2D eigenvalue weighted by molar-refractivity contribution is 6.30. The molecule has 4 heterocycles. The molecule has 29 heavy (non-hydrogen) atoms. The van der Waals surface area contributed by atoms with E-state index in [1.54, 1.807) is 17.0 Å². The molecule has 1 aromatic carbocycles. The Morgan fingerprint density at radius 2 is 1.97 bits per heavy atom. The normalized spacial score (nSPS) is 15.3. The summed E-state index contributed by atoms with van der Waals surface area (Å²) < 4.78 is 6.99. The number of piperazine rings is 1. The summed E-state index contributed by atoms with van der Waals surface area (Å²) in [5.74, 6) is 1.41. The Morgan fingerprint density at radius 1 is 1.10 bits per heavy atom. The number of rotatable bonds is 4. The Morgan fingerprint density at radius 3 is 2.72 bits per heavy atom. The van der Waals surface area contributed by atoms with Crippen molar-refractivity contribution in [3.8, 4) is 11.6 Å². The molecule has 0 saturated carbocycles. The second-order valence-electron chi connectivity index (χ2n) is 7.03. The van der Waals surface area contributed by atoms with Crippen molar-refractivity contribution in [2.24, 2.45) is 0 Å². The lowest BCUT2D eigenvalue weighted by molar-refractivity contribution is 0.250. The molecule has 0 bridgehead atoms.